The highest BCUT2D eigenvalue weighted by Gasteiger charge is 2.21. The Bertz CT molecular complexity index is 634. The third kappa shape index (κ3) is 4.36. The molecule has 0 saturated heterocycles. The summed E-state index contributed by atoms with van der Waals surface area (Å²) in [7, 11) is 7.84. The first-order valence-electron chi connectivity index (χ1n) is 8.46. The molecular formula is C19H30N4O. The van der Waals surface area contributed by atoms with Gasteiger partial charge in [0.1, 0.15) is 0 Å². The van der Waals surface area contributed by atoms with Crippen LogP contribution >= 0.6 is 0 Å². The van der Waals surface area contributed by atoms with E-state index < -0.39 is 0 Å². The summed E-state index contributed by atoms with van der Waals surface area (Å²) in [6.45, 7) is 6.00. The Hall–Kier alpha value is -1.85. The fraction of sp³-hybridized carbons (Fsp3) is 0.526. The molecule has 132 valence electrons. The van der Waals surface area contributed by atoms with Gasteiger partial charge in [0.2, 0.25) is 5.88 Å². The van der Waals surface area contributed by atoms with E-state index in [0.29, 0.717) is 5.92 Å². The number of aromatic nitrogens is 2. The van der Waals surface area contributed by atoms with Crippen molar-refractivity contribution in [2.24, 2.45) is 7.05 Å². The minimum Gasteiger partial charge on any atom is -0.481 e. The highest BCUT2D eigenvalue weighted by molar-refractivity contribution is 5.34. The molecule has 0 aliphatic rings. The van der Waals surface area contributed by atoms with Gasteiger partial charge in [-0.3, -0.25) is 0 Å². The summed E-state index contributed by atoms with van der Waals surface area (Å²) in [6.07, 6.45) is 0. The number of nitrogens with zero attached hydrogens (tertiary/aromatic N) is 3. The van der Waals surface area contributed by atoms with E-state index in [1.807, 2.05) is 11.7 Å². The van der Waals surface area contributed by atoms with Gasteiger partial charge in [0.05, 0.1) is 18.4 Å². The molecule has 0 fully saturated rings. The molecule has 0 radical (unpaired) electrons. The molecule has 1 atom stereocenters. The van der Waals surface area contributed by atoms with E-state index in [0.717, 1.165) is 30.2 Å². The average molecular weight is 330 g/mol. The Balaban J connectivity index is 2.23. The van der Waals surface area contributed by atoms with Crippen molar-refractivity contribution in [1.29, 1.82) is 0 Å². The molecule has 5 heteroatoms. The molecule has 1 aromatic heterocycles. The van der Waals surface area contributed by atoms with E-state index in [2.05, 4.69) is 73.6 Å². The summed E-state index contributed by atoms with van der Waals surface area (Å²) in [5.74, 6) is 1.20. The second-order valence-electron chi connectivity index (χ2n) is 6.76. The van der Waals surface area contributed by atoms with Gasteiger partial charge in [-0.2, -0.15) is 5.10 Å². The van der Waals surface area contributed by atoms with Crippen LogP contribution in [0, 0.1) is 0 Å². The lowest BCUT2D eigenvalue weighted by Gasteiger charge is -2.23. The standard InChI is InChI=1S/C19H30N4O/c1-14(2)18-16(19(24-6)23(5)21-18)12-20-17(13-22(3)4)15-10-8-7-9-11-15/h7-11,14,17,20H,12-13H2,1-6H3/t17-/m0/s1. The quantitative estimate of drug-likeness (QED) is 0.808. The molecule has 0 bridgehead atoms. The zero-order chi connectivity index (χ0) is 17.7. The topological polar surface area (TPSA) is 42.3 Å². The lowest BCUT2D eigenvalue weighted by molar-refractivity contribution is 0.335. The highest BCUT2D eigenvalue weighted by Crippen LogP contribution is 2.27. The zero-order valence-corrected chi connectivity index (χ0v) is 15.7. The molecule has 0 unspecified atom stereocenters. The maximum absolute atomic E-state index is 5.58. The number of hydrogen-bond donors (Lipinski definition) is 1. The first kappa shape index (κ1) is 18.5. The van der Waals surface area contributed by atoms with E-state index in [9.17, 15) is 0 Å². The number of hydrogen-bond acceptors (Lipinski definition) is 4. The van der Waals surface area contributed by atoms with Gasteiger partial charge in [-0.25, -0.2) is 4.68 Å². The largest absolute Gasteiger partial charge is 0.481 e. The van der Waals surface area contributed by atoms with Crippen LogP contribution in [0.15, 0.2) is 30.3 Å². The summed E-state index contributed by atoms with van der Waals surface area (Å²) in [5, 5.41) is 8.33. The second kappa shape index (κ2) is 8.31. The van der Waals surface area contributed by atoms with Gasteiger partial charge in [-0.15, -0.1) is 0 Å². The van der Waals surface area contributed by atoms with Crippen LogP contribution in [0.5, 0.6) is 5.88 Å². The predicted molar refractivity (Wildman–Crippen MR) is 98.4 cm³/mol. The Labute approximate surface area is 145 Å². The Morgan fingerprint density at radius 3 is 2.42 bits per heavy atom. The molecule has 1 aromatic carbocycles. The highest BCUT2D eigenvalue weighted by atomic mass is 16.5. The summed E-state index contributed by atoms with van der Waals surface area (Å²) in [5.41, 5.74) is 3.54. The molecule has 2 aromatic rings. The van der Waals surface area contributed by atoms with Gasteiger partial charge >= 0.3 is 0 Å². The van der Waals surface area contributed by atoms with E-state index in [1.165, 1.54) is 5.56 Å². The third-order valence-electron chi connectivity index (χ3n) is 4.13. The van der Waals surface area contributed by atoms with Crippen molar-refractivity contribution in [2.45, 2.75) is 32.4 Å². The lowest BCUT2D eigenvalue weighted by Crippen LogP contribution is -2.31. The van der Waals surface area contributed by atoms with Crippen LogP contribution in [0.25, 0.3) is 0 Å². The van der Waals surface area contributed by atoms with Gasteiger partial charge in [0, 0.05) is 26.2 Å². The number of likely N-dealkylation sites (N-methyl/N-ethyl adjacent to an activating group) is 1. The monoisotopic (exact) mass is 330 g/mol. The first-order chi connectivity index (χ1) is 11.4. The van der Waals surface area contributed by atoms with E-state index in [4.69, 9.17) is 4.74 Å². The van der Waals surface area contributed by atoms with Gasteiger partial charge in [-0.1, -0.05) is 44.2 Å². The number of nitrogens with one attached hydrogen (secondary N) is 1. The Morgan fingerprint density at radius 1 is 1.21 bits per heavy atom. The lowest BCUT2D eigenvalue weighted by atomic mass is 10.0. The first-order valence-corrected chi connectivity index (χ1v) is 8.46. The maximum atomic E-state index is 5.58. The SMILES string of the molecule is COc1c(CN[C@@H](CN(C)C)c2ccccc2)c(C(C)C)nn1C. The van der Waals surface area contributed by atoms with Crippen LogP contribution in [-0.4, -0.2) is 42.4 Å². The van der Waals surface area contributed by atoms with Crippen molar-refractivity contribution in [1.82, 2.24) is 20.0 Å². The molecule has 0 aliphatic carbocycles. The van der Waals surface area contributed by atoms with Gasteiger partial charge < -0.3 is 15.0 Å². The molecule has 0 aliphatic heterocycles. The summed E-state index contributed by atoms with van der Waals surface area (Å²) < 4.78 is 7.41. The van der Waals surface area contributed by atoms with Gasteiger partial charge in [-0.05, 0) is 25.6 Å². The average Bonchev–Trinajstić information content (AvgIpc) is 2.87. The number of ether oxygens (including phenoxy) is 1. The van der Waals surface area contributed by atoms with Crippen molar-refractivity contribution in [3.05, 3.63) is 47.2 Å². The fourth-order valence-electron chi connectivity index (χ4n) is 3.02. The fourth-order valence-corrected chi connectivity index (χ4v) is 3.02. The zero-order valence-electron chi connectivity index (χ0n) is 15.7. The molecular weight excluding hydrogens is 300 g/mol. The number of benzene rings is 1. The van der Waals surface area contributed by atoms with Crippen LogP contribution in [-0.2, 0) is 13.6 Å². The normalized spacial score (nSPS) is 12.8. The van der Waals surface area contributed by atoms with Crippen LogP contribution < -0.4 is 10.1 Å². The minimum atomic E-state index is 0.256. The summed E-state index contributed by atoms with van der Waals surface area (Å²) in [6, 6.07) is 10.8. The minimum absolute atomic E-state index is 0.256. The number of methoxy groups -OCH3 is 1. The van der Waals surface area contributed by atoms with Crippen molar-refractivity contribution in [3.8, 4) is 5.88 Å². The van der Waals surface area contributed by atoms with E-state index in [-0.39, 0.29) is 6.04 Å². The number of rotatable bonds is 8. The molecule has 0 amide bonds. The van der Waals surface area contributed by atoms with Crippen molar-refractivity contribution >= 4 is 0 Å². The van der Waals surface area contributed by atoms with E-state index >= 15 is 0 Å². The van der Waals surface area contributed by atoms with Crippen LogP contribution in [0.3, 0.4) is 0 Å². The van der Waals surface area contributed by atoms with Crippen LogP contribution in [0.1, 0.15) is 42.6 Å². The maximum Gasteiger partial charge on any atom is 0.216 e. The van der Waals surface area contributed by atoms with Crippen molar-refractivity contribution < 1.29 is 4.74 Å². The molecule has 0 spiro atoms. The third-order valence-corrected chi connectivity index (χ3v) is 4.13. The van der Waals surface area contributed by atoms with Crippen LogP contribution in [0.2, 0.25) is 0 Å². The second-order valence-corrected chi connectivity index (χ2v) is 6.76. The Morgan fingerprint density at radius 2 is 1.88 bits per heavy atom. The molecule has 24 heavy (non-hydrogen) atoms. The predicted octanol–water partition coefficient (Wildman–Crippen LogP) is 2.94. The van der Waals surface area contributed by atoms with Gasteiger partial charge in [0.25, 0.3) is 0 Å². The van der Waals surface area contributed by atoms with Crippen molar-refractivity contribution in [3.63, 3.8) is 0 Å². The summed E-state index contributed by atoms with van der Waals surface area (Å²) >= 11 is 0. The van der Waals surface area contributed by atoms with Crippen LogP contribution in [0.4, 0.5) is 0 Å². The number of aryl methyl sites for hydroxylation is 1. The molecule has 2 rings (SSSR count). The van der Waals surface area contributed by atoms with Crippen molar-refractivity contribution in [2.75, 3.05) is 27.7 Å². The Kier molecular flexibility index (Phi) is 6.40. The molecule has 0 saturated carbocycles. The summed E-state index contributed by atoms with van der Waals surface area (Å²) in [4.78, 5) is 2.20. The molecule has 5 nitrogen and oxygen atoms in total. The van der Waals surface area contributed by atoms with Gasteiger partial charge in [0.15, 0.2) is 0 Å². The molecule has 1 N–H and O–H groups in total. The van der Waals surface area contributed by atoms with E-state index in [1.54, 1.807) is 7.11 Å². The molecule has 1 heterocycles. The smallest absolute Gasteiger partial charge is 0.216 e.